The second kappa shape index (κ2) is 6.89. The summed E-state index contributed by atoms with van der Waals surface area (Å²) in [6.45, 7) is 1.53. The molecule has 1 aromatic heterocycles. The highest BCUT2D eigenvalue weighted by atomic mass is 32.1. The molecule has 0 bridgehead atoms. The standard InChI is InChI=1S/C9H16N2O2S/c1-13-5-8(2-3-12)10-4-9-6-14-7-11-9/h6-8,10,12H,2-5H2,1H3. The zero-order chi connectivity index (χ0) is 10.2. The van der Waals surface area contributed by atoms with Gasteiger partial charge in [-0.2, -0.15) is 0 Å². The van der Waals surface area contributed by atoms with Crippen molar-refractivity contribution in [2.45, 2.75) is 19.0 Å². The van der Waals surface area contributed by atoms with Gasteiger partial charge in [-0.25, -0.2) is 4.98 Å². The van der Waals surface area contributed by atoms with E-state index in [4.69, 9.17) is 9.84 Å². The van der Waals surface area contributed by atoms with Crippen molar-refractivity contribution < 1.29 is 9.84 Å². The predicted molar refractivity (Wildman–Crippen MR) is 56.3 cm³/mol. The smallest absolute Gasteiger partial charge is 0.0795 e. The van der Waals surface area contributed by atoms with Crippen molar-refractivity contribution in [1.29, 1.82) is 0 Å². The Morgan fingerprint density at radius 1 is 1.71 bits per heavy atom. The number of methoxy groups -OCH3 is 1. The molecule has 0 spiro atoms. The van der Waals surface area contributed by atoms with E-state index >= 15 is 0 Å². The molecular weight excluding hydrogens is 200 g/mol. The van der Waals surface area contributed by atoms with Crippen LogP contribution in [0.3, 0.4) is 0 Å². The maximum absolute atomic E-state index is 8.81. The van der Waals surface area contributed by atoms with Gasteiger partial charge >= 0.3 is 0 Å². The highest BCUT2D eigenvalue weighted by Crippen LogP contribution is 2.01. The summed E-state index contributed by atoms with van der Waals surface area (Å²) in [7, 11) is 1.66. The molecule has 5 heteroatoms. The molecule has 0 aliphatic heterocycles. The van der Waals surface area contributed by atoms with Gasteiger partial charge in [0, 0.05) is 31.7 Å². The van der Waals surface area contributed by atoms with Crippen LogP contribution in [0.2, 0.25) is 0 Å². The number of hydrogen-bond acceptors (Lipinski definition) is 5. The van der Waals surface area contributed by atoms with Gasteiger partial charge in [-0.15, -0.1) is 11.3 Å². The number of aliphatic hydroxyl groups is 1. The molecule has 2 N–H and O–H groups in total. The van der Waals surface area contributed by atoms with Crippen molar-refractivity contribution in [1.82, 2.24) is 10.3 Å². The Hall–Kier alpha value is -0.490. The van der Waals surface area contributed by atoms with E-state index in [1.807, 2.05) is 10.9 Å². The maximum Gasteiger partial charge on any atom is 0.0795 e. The van der Waals surface area contributed by atoms with E-state index < -0.39 is 0 Å². The van der Waals surface area contributed by atoms with Crippen LogP contribution in [-0.2, 0) is 11.3 Å². The van der Waals surface area contributed by atoms with Gasteiger partial charge in [0.1, 0.15) is 0 Å². The Balaban J connectivity index is 2.25. The summed E-state index contributed by atoms with van der Waals surface area (Å²) >= 11 is 1.59. The largest absolute Gasteiger partial charge is 0.396 e. The first-order chi connectivity index (χ1) is 6.86. The Labute approximate surface area is 87.9 Å². The fourth-order valence-corrected chi connectivity index (χ4v) is 1.73. The quantitative estimate of drug-likeness (QED) is 0.702. The van der Waals surface area contributed by atoms with Crippen LogP contribution in [0.5, 0.6) is 0 Å². The maximum atomic E-state index is 8.81. The Morgan fingerprint density at radius 2 is 2.57 bits per heavy atom. The lowest BCUT2D eigenvalue weighted by molar-refractivity contribution is 0.148. The van der Waals surface area contributed by atoms with Crippen molar-refractivity contribution in [2.75, 3.05) is 20.3 Å². The average molecular weight is 216 g/mol. The zero-order valence-corrected chi connectivity index (χ0v) is 9.09. The van der Waals surface area contributed by atoms with Crippen molar-refractivity contribution in [3.05, 3.63) is 16.6 Å². The average Bonchev–Trinajstić information content (AvgIpc) is 2.67. The van der Waals surface area contributed by atoms with E-state index in [2.05, 4.69) is 10.3 Å². The van der Waals surface area contributed by atoms with Gasteiger partial charge in [0.25, 0.3) is 0 Å². The minimum atomic E-state index is 0.179. The molecule has 14 heavy (non-hydrogen) atoms. The van der Waals surface area contributed by atoms with Crippen molar-refractivity contribution in [3.63, 3.8) is 0 Å². The Kier molecular flexibility index (Phi) is 5.70. The summed E-state index contributed by atoms with van der Waals surface area (Å²) in [6.07, 6.45) is 0.706. The minimum Gasteiger partial charge on any atom is -0.396 e. The molecule has 0 aromatic carbocycles. The van der Waals surface area contributed by atoms with Gasteiger partial charge in [-0.3, -0.25) is 0 Å². The van der Waals surface area contributed by atoms with Gasteiger partial charge in [0.05, 0.1) is 17.8 Å². The van der Waals surface area contributed by atoms with E-state index in [1.54, 1.807) is 18.4 Å². The third kappa shape index (κ3) is 4.15. The second-order valence-corrected chi connectivity index (χ2v) is 3.74. The van der Waals surface area contributed by atoms with E-state index in [0.29, 0.717) is 13.0 Å². The molecule has 0 saturated carbocycles. The lowest BCUT2D eigenvalue weighted by Crippen LogP contribution is -2.33. The number of nitrogens with zero attached hydrogens (tertiary/aromatic N) is 1. The highest BCUT2D eigenvalue weighted by Gasteiger charge is 2.07. The number of aromatic nitrogens is 1. The molecule has 4 nitrogen and oxygen atoms in total. The third-order valence-corrected chi connectivity index (χ3v) is 2.54. The van der Waals surface area contributed by atoms with E-state index in [-0.39, 0.29) is 12.6 Å². The van der Waals surface area contributed by atoms with Crippen molar-refractivity contribution in [2.24, 2.45) is 0 Å². The van der Waals surface area contributed by atoms with Gasteiger partial charge < -0.3 is 15.2 Å². The molecule has 1 aromatic rings. The SMILES string of the molecule is COCC(CCO)NCc1cscn1. The summed E-state index contributed by atoms with van der Waals surface area (Å²) in [4.78, 5) is 4.16. The first-order valence-corrected chi connectivity index (χ1v) is 5.51. The lowest BCUT2D eigenvalue weighted by atomic mass is 10.2. The summed E-state index contributed by atoms with van der Waals surface area (Å²) in [6, 6.07) is 0.201. The normalized spacial score (nSPS) is 13.0. The van der Waals surface area contributed by atoms with Gasteiger partial charge in [0.2, 0.25) is 0 Å². The number of thiazole rings is 1. The first-order valence-electron chi connectivity index (χ1n) is 4.57. The molecular formula is C9H16N2O2S. The number of nitrogens with one attached hydrogen (secondary N) is 1. The number of ether oxygens (including phenoxy) is 1. The molecule has 0 amide bonds. The molecule has 0 saturated heterocycles. The van der Waals surface area contributed by atoms with Crippen LogP contribution in [0.4, 0.5) is 0 Å². The van der Waals surface area contributed by atoms with Crippen molar-refractivity contribution >= 4 is 11.3 Å². The topological polar surface area (TPSA) is 54.4 Å². The molecule has 1 atom stereocenters. The van der Waals surface area contributed by atoms with E-state index in [9.17, 15) is 0 Å². The predicted octanol–water partition coefficient (Wildman–Crippen LogP) is 0.630. The Bertz CT molecular complexity index is 223. The van der Waals surface area contributed by atoms with Crippen LogP contribution in [-0.4, -0.2) is 36.5 Å². The van der Waals surface area contributed by atoms with Crippen LogP contribution < -0.4 is 5.32 Å². The lowest BCUT2D eigenvalue weighted by Gasteiger charge is -2.15. The summed E-state index contributed by atoms with van der Waals surface area (Å²) in [5.41, 5.74) is 2.85. The van der Waals surface area contributed by atoms with E-state index in [1.165, 1.54) is 0 Å². The molecule has 1 rings (SSSR count). The molecule has 0 aliphatic carbocycles. The molecule has 0 fully saturated rings. The summed E-state index contributed by atoms with van der Waals surface area (Å²) < 4.78 is 5.04. The number of rotatable bonds is 7. The zero-order valence-electron chi connectivity index (χ0n) is 8.27. The fraction of sp³-hybridized carbons (Fsp3) is 0.667. The van der Waals surface area contributed by atoms with Gasteiger partial charge in [-0.1, -0.05) is 0 Å². The van der Waals surface area contributed by atoms with Crippen LogP contribution in [0, 0.1) is 0 Å². The number of aliphatic hydroxyl groups excluding tert-OH is 1. The van der Waals surface area contributed by atoms with Crippen LogP contribution in [0.1, 0.15) is 12.1 Å². The second-order valence-electron chi connectivity index (χ2n) is 3.03. The fourth-order valence-electron chi connectivity index (χ4n) is 1.18. The highest BCUT2D eigenvalue weighted by molar-refractivity contribution is 7.07. The van der Waals surface area contributed by atoms with Gasteiger partial charge in [0.15, 0.2) is 0 Å². The monoisotopic (exact) mass is 216 g/mol. The van der Waals surface area contributed by atoms with Gasteiger partial charge in [-0.05, 0) is 6.42 Å². The molecule has 80 valence electrons. The van der Waals surface area contributed by atoms with Crippen LogP contribution in [0.15, 0.2) is 10.9 Å². The number of hydrogen-bond donors (Lipinski definition) is 2. The van der Waals surface area contributed by atoms with Crippen LogP contribution in [0.25, 0.3) is 0 Å². The summed E-state index contributed by atoms with van der Waals surface area (Å²) in [5, 5.41) is 14.1. The molecule has 1 unspecified atom stereocenters. The molecule has 0 aliphatic rings. The Morgan fingerprint density at radius 3 is 3.14 bits per heavy atom. The van der Waals surface area contributed by atoms with E-state index in [0.717, 1.165) is 12.2 Å². The molecule has 1 heterocycles. The third-order valence-electron chi connectivity index (χ3n) is 1.90. The van der Waals surface area contributed by atoms with Crippen molar-refractivity contribution in [3.8, 4) is 0 Å². The summed E-state index contributed by atoms with van der Waals surface area (Å²) in [5.74, 6) is 0. The van der Waals surface area contributed by atoms with Crippen LogP contribution >= 0.6 is 11.3 Å². The molecule has 0 radical (unpaired) electrons. The minimum absolute atomic E-state index is 0.179. The first kappa shape index (κ1) is 11.6.